The zero-order chi connectivity index (χ0) is 11.4. The van der Waals surface area contributed by atoms with Gasteiger partial charge in [-0.1, -0.05) is 29.8 Å². The molecule has 0 aromatic rings. The van der Waals surface area contributed by atoms with Gasteiger partial charge in [0.25, 0.3) is 6.69 Å². The van der Waals surface area contributed by atoms with Crippen LogP contribution in [-0.4, -0.2) is 23.7 Å². The number of carbonyl (C=O) groups excluding carboxylic acids is 1. The predicted octanol–water partition coefficient (Wildman–Crippen LogP) is 3.43. The number of ether oxygens (including phenoxy) is 1. The van der Waals surface area contributed by atoms with E-state index in [1.54, 1.807) is 13.5 Å². The summed E-state index contributed by atoms with van der Waals surface area (Å²) in [5, 5.41) is 0.588. The fraction of sp³-hybridized carbons (Fsp3) is 0.875. The Morgan fingerprint density at radius 2 is 2.07 bits per heavy atom. The van der Waals surface area contributed by atoms with Crippen molar-refractivity contribution in [3.05, 3.63) is 0 Å². The predicted molar refractivity (Wildman–Crippen MR) is 66.5 cm³/mol. The normalized spacial score (nSPS) is 16.1. The van der Waals surface area contributed by atoms with E-state index in [9.17, 15) is 4.79 Å². The Morgan fingerprint density at radius 3 is 2.36 bits per heavy atom. The first-order chi connectivity index (χ1) is 6.32. The van der Waals surface area contributed by atoms with Gasteiger partial charge in [-0.25, -0.2) is 0 Å². The fourth-order valence-electron chi connectivity index (χ4n) is 0.865. The van der Waals surface area contributed by atoms with Crippen molar-refractivity contribution in [3.8, 4) is 0 Å². The quantitative estimate of drug-likeness (QED) is 0.335. The summed E-state index contributed by atoms with van der Waals surface area (Å²) < 4.78 is 5.25. The molecule has 0 fully saturated rings. The van der Waals surface area contributed by atoms with Crippen LogP contribution >= 0.6 is 38.1 Å². The summed E-state index contributed by atoms with van der Waals surface area (Å²) in [5.74, 6) is -0.400. The monoisotopic (exact) mass is 320 g/mol. The van der Waals surface area contributed by atoms with Gasteiger partial charge in [-0.2, -0.15) is 0 Å². The third-order valence-electron chi connectivity index (χ3n) is 1.83. The van der Waals surface area contributed by atoms with Crippen molar-refractivity contribution in [1.29, 1.82) is 0 Å². The largest absolute Gasteiger partial charge is 0.463 e. The molecule has 0 bridgehead atoms. The number of esters is 1. The molecule has 0 rings (SSSR count). The van der Waals surface area contributed by atoms with E-state index >= 15 is 0 Å². The topological polar surface area (TPSA) is 26.3 Å². The minimum absolute atomic E-state index is 0.159. The highest BCUT2D eigenvalue weighted by Crippen LogP contribution is 2.24. The molecule has 2 unspecified atom stereocenters. The van der Waals surface area contributed by atoms with Crippen LogP contribution in [0.1, 0.15) is 20.3 Å². The van der Waals surface area contributed by atoms with Gasteiger partial charge in [0.15, 0.2) is 0 Å². The van der Waals surface area contributed by atoms with E-state index in [0.717, 1.165) is 0 Å². The van der Waals surface area contributed by atoms with Gasteiger partial charge in [-0.3, -0.25) is 4.79 Å². The molecule has 14 heavy (non-hydrogen) atoms. The van der Waals surface area contributed by atoms with E-state index in [0.29, 0.717) is 11.8 Å². The zero-order valence-electron chi connectivity index (χ0n) is 8.52. The number of rotatable bonds is 5. The van der Waals surface area contributed by atoms with E-state index in [1.165, 1.54) is 0 Å². The first-order valence-electron chi connectivity index (χ1n) is 4.47. The van der Waals surface area contributed by atoms with Gasteiger partial charge in [0, 0.05) is 5.33 Å². The van der Waals surface area contributed by atoms with Crippen LogP contribution in [0, 0.1) is 5.92 Å². The van der Waals surface area contributed by atoms with E-state index in [2.05, 4.69) is 15.9 Å². The number of hydrogen-bond acceptors (Lipinski definition) is 2. The smallest absolute Gasteiger partial charge is 0.309 e. The fourth-order valence-corrected chi connectivity index (χ4v) is 3.36. The SMILES string of the molecule is CCC(OC(=O)C(C)CBr)[Si](C)(Cl)Cl. The maximum Gasteiger partial charge on any atom is 0.309 e. The molecule has 2 nitrogen and oxygen atoms in total. The van der Waals surface area contributed by atoms with Crippen molar-refractivity contribution >= 4 is 50.8 Å². The van der Waals surface area contributed by atoms with E-state index in [4.69, 9.17) is 26.9 Å². The van der Waals surface area contributed by atoms with Crippen LogP contribution in [0.15, 0.2) is 0 Å². The van der Waals surface area contributed by atoms with Crippen LogP contribution in [-0.2, 0) is 9.53 Å². The second-order valence-electron chi connectivity index (χ2n) is 3.35. The third kappa shape index (κ3) is 5.00. The molecule has 0 saturated heterocycles. The van der Waals surface area contributed by atoms with E-state index in [1.807, 2.05) is 6.92 Å². The highest BCUT2D eigenvalue weighted by Gasteiger charge is 2.36. The molecule has 0 amide bonds. The van der Waals surface area contributed by atoms with Crippen molar-refractivity contribution in [2.75, 3.05) is 5.33 Å². The summed E-state index contributed by atoms with van der Waals surface area (Å²) in [7, 11) is 0. The van der Waals surface area contributed by atoms with Crippen molar-refractivity contribution in [3.63, 3.8) is 0 Å². The first-order valence-corrected chi connectivity index (χ1v) is 10.2. The average Bonchev–Trinajstić information content (AvgIpc) is 2.10. The average molecular weight is 322 g/mol. The lowest BCUT2D eigenvalue weighted by molar-refractivity contribution is -0.149. The molecular weight excluding hydrogens is 307 g/mol. The minimum Gasteiger partial charge on any atom is -0.463 e. The molecule has 0 aromatic carbocycles. The molecule has 0 saturated carbocycles. The molecule has 0 spiro atoms. The lowest BCUT2D eigenvalue weighted by atomic mass is 10.2. The Balaban J connectivity index is 4.26. The highest BCUT2D eigenvalue weighted by molar-refractivity contribution is 9.09. The van der Waals surface area contributed by atoms with Gasteiger partial charge in [-0.05, 0) is 13.0 Å². The molecule has 84 valence electrons. The Hall–Kier alpha value is 0.747. The lowest BCUT2D eigenvalue weighted by Gasteiger charge is -2.24. The second-order valence-corrected chi connectivity index (χ2v) is 11.8. The van der Waals surface area contributed by atoms with Crippen LogP contribution in [0.2, 0.25) is 6.55 Å². The summed E-state index contributed by atoms with van der Waals surface area (Å²) in [6.07, 6.45) is 0.663. The molecule has 2 atom stereocenters. The summed E-state index contributed by atoms with van der Waals surface area (Å²) in [4.78, 5) is 11.4. The molecule has 0 aromatic heterocycles. The van der Waals surface area contributed by atoms with Crippen LogP contribution in [0.4, 0.5) is 0 Å². The summed E-state index contributed by atoms with van der Waals surface area (Å²) in [6.45, 7) is 3.04. The van der Waals surface area contributed by atoms with Crippen LogP contribution in [0.25, 0.3) is 0 Å². The number of halogens is 3. The summed E-state index contributed by atoms with van der Waals surface area (Å²) >= 11 is 15.2. The molecule has 0 radical (unpaired) electrons. The summed E-state index contributed by atoms with van der Waals surface area (Å²) in [6, 6.07) is 0. The zero-order valence-corrected chi connectivity index (χ0v) is 12.6. The van der Waals surface area contributed by atoms with Crippen molar-refractivity contribution in [1.82, 2.24) is 0 Å². The Morgan fingerprint density at radius 1 is 1.57 bits per heavy atom. The summed E-state index contributed by atoms with van der Waals surface area (Å²) in [5.41, 5.74) is -0.320. The maximum absolute atomic E-state index is 11.4. The van der Waals surface area contributed by atoms with Gasteiger partial charge >= 0.3 is 5.97 Å². The van der Waals surface area contributed by atoms with Gasteiger partial charge < -0.3 is 4.74 Å². The maximum atomic E-state index is 11.4. The highest BCUT2D eigenvalue weighted by atomic mass is 79.9. The minimum atomic E-state index is -2.42. The van der Waals surface area contributed by atoms with Crippen LogP contribution in [0.5, 0.6) is 0 Å². The van der Waals surface area contributed by atoms with Crippen molar-refractivity contribution in [2.24, 2.45) is 5.92 Å². The van der Waals surface area contributed by atoms with Gasteiger partial charge in [0.2, 0.25) is 0 Å². The van der Waals surface area contributed by atoms with Gasteiger partial charge in [-0.15, -0.1) is 22.2 Å². The number of carbonyl (C=O) groups is 1. The van der Waals surface area contributed by atoms with Gasteiger partial charge in [0.05, 0.1) is 5.92 Å². The molecule has 0 heterocycles. The Bertz CT molecular complexity index is 196. The molecule has 0 N–H and O–H groups in total. The second kappa shape index (κ2) is 6.36. The third-order valence-corrected chi connectivity index (χ3v) is 5.92. The van der Waals surface area contributed by atoms with Crippen LogP contribution in [0.3, 0.4) is 0 Å². The standard InChI is InChI=1S/C8H15BrCl2O2Si/c1-4-7(14(3,10)11)13-8(12)6(2)5-9/h6-7H,4-5H2,1-3H3. The lowest BCUT2D eigenvalue weighted by Crippen LogP contribution is -2.38. The first kappa shape index (κ1) is 14.7. The van der Waals surface area contributed by atoms with E-state index < -0.39 is 6.69 Å². The van der Waals surface area contributed by atoms with Crippen molar-refractivity contribution in [2.45, 2.75) is 32.5 Å². The molecule has 0 aliphatic heterocycles. The molecule has 0 aliphatic carbocycles. The molecule has 0 aliphatic rings. The number of hydrogen-bond donors (Lipinski definition) is 0. The Labute approximate surface area is 104 Å². The van der Waals surface area contributed by atoms with Crippen molar-refractivity contribution < 1.29 is 9.53 Å². The Kier molecular flexibility index (Phi) is 6.69. The molecular formula is C8H15BrCl2O2Si. The molecule has 6 heteroatoms. The van der Waals surface area contributed by atoms with E-state index in [-0.39, 0.29) is 17.6 Å². The number of alkyl halides is 1. The van der Waals surface area contributed by atoms with Gasteiger partial charge in [0.1, 0.15) is 5.73 Å². The van der Waals surface area contributed by atoms with Crippen LogP contribution < -0.4 is 0 Å².